The van der Waals surface area contributed by atoms with Crippen molar-refractivity contribution in [3.05, 3.63) is 66.1 Å². The summed E-state index contributed by atoms with van der Waals surface area (Å²) in [5, 5.41) is 1.26. The molecule has 0 amide bonds. The van der Waals surface area contributed by atoms with Crippen molar-refractivity contribution in [2.24, 2.45) is 5.73 Å². The molecule has 0 aliphatic heterocycles. The van der Waals surface area contributed by atoms with Gasteiger partial charge in [-0.25, -0.2) is 0 Å². The molecule has 0 saturated heterocycles. The third-order valence-corrected chi connectivity index (χ3v) is 3.45. The number of rotatable bonds is 4. The summed E-state index contributed by atoms with van der Waals surface area (Å²) in [6.07, 6.45) is 4.86. The summed E-state index contributed by atoms with van der Waals surface area (Å²) in [5.74, 6) is 0. The molecule has 2 aromatic heterocycles. The molecule has 0 aliphatic carbocycles. The Morgan fingerprint density at radius 1 is 1.20 bits per heavy atom. The lowest BCUT2D eigenvalue weighted by Crippen LogP contribution is -2.17. The molecule has 3 rings (SSSR count). The van der Waals surface area contributed by atoms with Crippen LogP contribution < -0.4 is 5.73 Å². The lowest BCUT2D eigenvalue weighted by molar-refractivity contribution is 0.737. The van der Waals surface area contributed by atoms with Crippen molar-refractivity contribution in [1.29, 1.82) is 0 Å². The van der Waals surface area contributed by atoms with E-state index in [1.165, 1.54) is 16.5 Å². The second-order valence-corrected chi connectivity index (χ2v) is 5.34. The second-order valence-electron chi connectivity index (χ2n) is 5.34. The molecule has 2 N–H and O–H groups in total. The van der Waals surface area contributed by atoms with Crippen LogP contribution in [0.3, 0.4) is 0 Å². The zero-order chi connectivity index (χ0) is 13.9. The van der Waals surface area contributed by atoms with E-state index in [9.17, 15) is 0 Å². The van der Waals surface area contributed by atoms with E-state index in [-0.39, 0.29) is 6.04 Å². The average molecular weight is 265 g/mol. The maximum atomic E-state index is 5.89. The molecule has 2 heterocycles. The first-order valence-electron chi connectivity index (χ1n) is 6.95. The monoisotopic (exact) mass is 265 g/mol. The minimum atomic E-state index is 0.187. The number of hydrogen-bond acceptors (Lipinski definition) is 2. The van der Waals surface area contributed by atoms with Crippen molar-refractivity contribution in [2.75, 3.05) is 0 Å². The summed E-state index contributed by atoms with van der Waals surface area (Å²) in [5.41, 5.74) is 9.49. The molecule has 0 radical (unpaired) electrons. The van der Waals surface area contributed by atoms with Crippen LogP contribution in [0, 0.1) is 0 Å². The largest absolute Gasteiger partial charge is 0.341 e. The molecule has 3 aromatic rings. The number of hydrogen-bond donors (Lipinski definition) is 1. The van der Waals surface area contributed by atoms with E-state index in [1.807, 2.05) is 25.3 Å². The Balaban J connectivity index is 1.94. The first kappa shape index (κ1) is 12.9. The van der Waals surface area contributed by atoms with Gasteiger partial charge in [-0.3, -0.25) is 4.98 Å². The van der Waals surface area contributed by atoms with Crippen molar-refractivity contribution in [3.63, 3.8) is 0 Å². The fraction of sp³-hybridized carbons (Fsp3) is 0.235. The summed E-state index contributed by atoms with van der Waals surface area (Å²) in [4.78, 5) is 4.39. The molecule has 1 atom stereocenters. The second kappa shape index (κ2) is 5.47. The van der Waals surface area contributed by atoms with Gasteiger partial charge in [0.2, 0.25) is 0 Å². The topological polar surface area (TPSA) is 43.8 Å². The van der Waals surface area contributed by atoms with Crippen molar-refractivity contribution in [2.45, 2.75) is 25.9 Å². The van der Waals surface area contributed by atoms with Crippen LogP contribution in [0.5, 0.6) is 0 Å². The van der Waals surface area contributed by atoms with E-state index in [1.54, 1.807) is 0 Å². The molecule has 3 nitrogen and oxygen atoms in total. The van der Waals surface area contributed by atoms with Crippen LogP contribution in [-0.4, -0.2) is 15.6 Å². The number of nitrogens with zero attached hydrogens (tertiary/aromatic N) is 2. The van der Waals surface area contributed by atoms with Gasteiger partial charge >= 0.3 is 0 Å². The highest BCUT2D eigenvalue weighted by Crippen LogP contribution is 2.19. The van der Waals surface area contributed by atoms with Crippen LogP contribution in [0.1, 0.15) is 18.2 Å². The maximum absolute atomic E-state index is 5.89. The predicted molar refractivity (Wildman–Crippen MR) is 82.6 cm³/mol. The standard InChI is InChI=1S/C17H19N3/c1-13(18)10-14-5-6-15-7-9-20(17(15)11-14)12-16-4-2-3-8-19-16/h2-9,11,13H,10,12,18H2,1H3. The Kier molecular flexibility index (Phi) is 3.52. The molecule has 0 bridgehead atoms. The SMILES string of the molecule is CC(N)Cc1ccc2ccn(Cc3ccccn3)c2c1. The minimum Gasteiger partial charge on any atom is -0.341 e. The van der Waals surface area contributed by atoms with E-state index in [0.29, 0.717) is 0 Å². The Bertz CT molecular complexity index is 699. The number of pyridine rings is 1. The van der Waals surface area contributed by atoms with Gasteiger partial charge in [0.05, 0.1) is 12.2 Å². The fourth-order valence-corrected chi connectivity index (χ4v) is 2.53. The average Bonchev–Trinajstić information content (AvgIpc) is 2.82. The van der Waals surface area contributed by atoms with Gasteiger partial charge in [0.15, 0.2) is 0 Å². The molecule has 20 heavy (non-hydrogen) atoms. The van der Waals surface area contributed by atoms with Crippen LogP contribution in [0.25, 0.3) is 10.9 Å². The Hall–Kier alpha value is -2.13. The third kappa shape index (κ3) is 2.73. The van der Waals surface area contributed by atoms with E-state index in [2.05, 4.69) is 46.1 Å². The van der Waals surface area contributed by atoms with Gasteiger partial charge in [0.1, 0.15) is 0 Å². The Labute approximate surface area is 119 Å². The van der Waals surface area contributed by atoms with E-state index in [0.717, 1.165) is 18.7 Å². The van der Waals surface area contributed by atoms with Crippen LogP contribution in [-0.2, 0) is 13.0 Å². The minimum absolute atomic E-state index is 0.187. The van der Waals surface area contributed by atoms with E-state index in [4.69, 9.17) is 5.73 Å². The summed E-state index contributed by atoms with van der Waals surface area (Å²) in [6, 6.07) is 14.9. The number of benzene rings is 1. The van der Waals surface area contributed by atoms with Gasteiger partial charge in [-0.15, -0.1) is 0 Å². The van der Waals surface area contributed by atoms with Gasteiger partial charge in [0, 0.05) is 24.0 Å². The number of aromatic nitrogens is 2. The van der Waals surface area contributed by atoms with Crippen LogP contribution in [0.4, 0.5) is 0 Å². The summed E-state index contributed by atoms with van der Waals surface area (Å²) in [6.45, 7) is 2.84. The van der Waals surface area contributed by atoms with Crippen LogP contribution in [0.2, 0.25) is 0 Å². The van der Waals surface area contributed by atoms with Gasteiger partial charge in [-0.1, -0.05) is 18.2 Å². The fourth-order valence-electron chi connectivity index (χ4n) is 2.53. The highest BCUT2D eigenvalue weighted by molar-refractivity contribution is 5.81. The molecule has 3 heteroatoms. The molecular formula is C17H19N3. The lowest BCUT2D eigenvalue weighted by Gasteiger charge is -2.08. The lowest BCUT2D eigenvalue weighted by atomic mass is 10.1. The Morgan fingerprint density at radius 3 is 2.85 bits per heavy atom. The molecule has 0 spiro atoms. The third-order valence-electron chi connectivity index (χ3n) is 3.45. The van der Waals surface area contributed by atoms with Gasteiger partial charge in [0.25, 0.3) is 0 Å². The number of nitrogens with two attached hydrogens (primary N) is 1. The van der Waals surface area contributed by atoms with Crippen molar-refractivity contribution in [3.8, 4) is 0 Å². The first-order valence-corrected chi connectivity index (χ1v) is 6.95. The Morgan fingerprint density at radius 2 is 2.10 bits per heavy atom. The van der Waals surface area contributed by atoms with Crippen molar-refractivity contribution < 1.29 is 0 Å². The molecule has 0 aliphatic rings. The molecule has 0 saturated carbocycles. The summed E-state index contributed by atoms with van der Waals surface area (Å²) >= 11 is 0. The highest BCUT2D eigenvalue weighted by Gasteiger charge is 2.05. The maximum Gasteiger partial charge on any atom is 0.0648 e. The van der Waals surface area contributed by atoms with Crippen molar-refractivity contribution >= 4 is 10.9 Å². The zero-order valence-electron chi connectivity index (χ0n) is 11.7. The zero-order valence-corrected chi connectivity index (χ0v) is 11.7. The van der Waals surface area contributed by atoms with Gasteiger partial charge < -0.3 is 10.3 Å². The number of fused-ring (bicyclic) bond motifs is 1. The smallest absolute Gasteiger partial charge is 0.0648 e. The van der Waals surface area contributed by atoms with E-state index >= 15 is 0 Å². The predicted octanol–water partition coefficient (Wildman–Crippen LogP) is 2.97. The quantitative estimate of drug-likeness (QED) is 0.788. The highest BCUT2D eigenvalue weighted by atomic mass is 15.0. The van der Waals surface area contributed by atoms with E-state index < -0.39 is 0 Å². The summed E-state index contributed by atoms with van der Waals surface area (Å²) < 4.78 is 2.24. The molecular weight excluding hydrogens is 246 g/mol. The van der Waals surface area contributed by atoms with Crippen LogP contribution >= 0.6 is 0 Å². The molecule has 1 unspecified atom stereocenters. The first-order chi connectivity index (χ1) is 9.72. The van der Waals surface area contributed by atoms with Gasteiger partial charge in [-0.2, -0.15) is 0 Å². The normalized spacial score (nSPS) is 12.7. The molecule has 0 fully saturated rings. The molecule has 1 aromatic carbocycles. The van der Waals surface area contributed by atoms with Gasteiger partial charge in [-0.05, 0) is 48.6 Å². The van der Waals surface area contributed by atoms with Crippen molar-refractivity contribution in [1.82, 2.24) is 9.55 Å². The summed E-state index contributed by atoms with van der Waals surface area (Å²) in [7, 11) is 0. The van der Waals surface area contributed by atoms with Crippen LogP contribution in [0.15, 0.2) is 54.9 Å². The molecule has 102 valence electrons.